The summed E-state index contributed by atoms with van der Waals surface area (Å²) in [7, 11) is 1.95. The molecule has 0 amide bonds. The second-order valence-electron chi connectivity index (χ2n) is 5.13. The van der Waals surface area contributed by atoms with Crippen LogP contribution in [0.5, 0.6) is 0 Å². The van der Waals surface area contributed by atoms with Crippen LogP contribution in [0.2, 0.25) is 0 Å². The SMILES string of the molecule is CN(Cc1nc2ccccc2s1)Cc1ccccc1[N+](=O)[O-]. The standard InChI is InChI=1S/C16H15N3O2S/c1-18(10-12-6-2-4-8-14(12)19(20)21)11-16-17-13-7-3-5-9-15(13)22-16/h2-9H,10-11H2,1H3. The van der Waals surface area contributed by atoms with Crippen molar-refractivity contribution in [2.24, 2.45) is 0 Å². The number of fused-ring (bicyclic) bond motifs is 1. The van der Waals surface area contributed by atoms with Gasteiger partial charge in [-0.3, -0.25) is 15.0 Å². The average molecular weight is 313 g/mol. The van der Waals surface area contributed by atoms with Crippen LogP contribution in [-0.4, -0.2) is 21.9 Å². The van der Waals surface area contributed by atoms with Gasteiger partial charge in [0.25, 0.3) is 5.69 Å². The van der Waals surface area contributed by atoms with Gasteiger partial charge in [0.15, 0.2) is 0 Å². The molecule has 0 fully saturated rings. The molecule has 0 atom stereocenters. The molecule has 22 heavy (non-hydrogen) atoms. The summed E-state index contributed by atoms with van der Waals surface area (Å²) >= 11 is 1.66. The predicted octanol–water partition coefficient (Wildman–Crippen LogP) is 3.84. The number of aromatic nitrogens is 1. The molecule has 0 aliphatic rings. The molecule has 1 aromatic heterocycles. The summed E-state index contributed by atoms with van der Waals surface area (Å²) in [6.45, 7) is 1.19. The van der Waals surface area contributed by atoms with Crippen LogP contribution in [0.3, 0.4) is 0 Å². The van der Waals surface area contributed by atoms with Crippen molar-refractivity contribution in [1.29, 1.82) is 0 Å². The highest BCUT2D eigenvalue weighted by Crippen LogP contribution is 2.24. The molecule has 1 heterocycles. The monoisotopic (exact) mass is 313 g/mol. The van der Waals surface area contributed by atoms with Gasteiger partial charge in [-0.05, 0) is 19.2 Å². The number of nitro benzene ring substituents is 1. The summed E-state index contributed by atoms with van der Waals surface area (Å²) in [6, 6.07) is 14.9. The molecule has 0 aliphatic heterocycles. The third-order valence-electron chi connectivity index (χ3n) is 3.37. The molecule has 0 saturated heterocycles. The van der Waals surface area contributed by atoms with E-state index in [1.807, 2.05) is 36.2 Å². The van der Waals surface area contributed by atoms with E-state index in [0.29, 0.717) is 13.1 Å². The van der Waals surface area contributed by atoms with E-state index in [2.05, 4.69) is 11.1 Å². The first-order valence-electron chi connectivity index (χ1n) is 6.89. The number of rotatable bonds is 5. The van der Waals surface area contributed by atoms with Crippen molar-refractivity contribution < 1.29 is 4.92 Å². The van der Waals surface area contributed by atoms with Crippen molar-refractivity contribution in [3.63, 3.8) is 0 Å². The minimum Gasteiger partial charge on any atom is -0.295 e. The average Bonchev–Trinajstić information content (AvgIpc) is 2.89. The quantitative estimate of drug-likeness (QED) is 0.530. The van der Waals surface area contributed by atoms with Crippen molar-refractivity contribution in [1.82, 2.24) is 9.88 Å². The maximum atomic E-state index is 11.1. The fourth-order valence-electron chi connectivity index (χ4n) is 2.39. The van der Waals surface area contributed by atoms with E-state index in [1.54, 1.807) is 29.5 Å². The van der Waals surface area contributed by atoms with Crippen LogP contribution in [0.4, 0.5) is 5.69 Å². The van der Waals surface area contributed by atoms with Crippen LogP contribution < -0.4 is 0 Å². The van der Waals surface area contributed by atoms with Crippen molar-refractivity contribution in [2.45, 2.75) is 13.1 Å². The van der Waals surface area contributed by atoms with Crippen LogP contribution in [0.15, 0.2) is 48.5 Å². The zero-order chi connectivity index (χ0) is 15.5. The van der Waals surface area contributed by atoms with Gasteiger partial charge in [0, 0.05) is 18.2 Å². The Kier molecular flexibility index (Phi) is 4.13. The Labute approximate surface area is 132 Å². The number of benzene rings is 2. The number of para-hydroxylation sites is 2. The smallest absolute Gasteiger partial charge is 0.273 e. The Morgan fingerprint density at radius 3 is 2.64 bits per heavy atom. The molecule has 0 aliphatic carbocycles. The number of hydrogen-bond acceptors (Lipinski definition) is 5. The highest BCUT2D eigenvalue weighted by Gasteiger charge is 2.15. The Hall–Kier alpha value is -2.31. The van der Waals surface area contributed by atoms with E-state index in [9.17, 15) is 10.1 Å². The Morgan fingerprint density at radius 2 is 1.86 bits per heavy atom. The van der Waals surface area contributed by atoms with Crippen LogP contribution in [0.1, 0.15) is 10.6 Å². The summed E-state index contributed by atoms with van der Waals surface area (Å²) < 4.78 is 1.16. The van der Waals surface area contributed by atoms with Gasteiger partial charge < -0.3 is 0 Å². The Balaban J connectivity index is 1.75. The van der Waals surface area contributed by atoms with Gasteiger partial charge in [-0.2, -0.15) is 0 Å². The highest BCUT2D eigenvalue weighted by atomic mass is 32.1. The summed E-state index contributed by atoms with van der Waals surface area (Å²) in [5, 5.41) is 12.1. The molecule has 3 rings (SSSR count). The molecule has 0 N–H and O–H groups in total. The van der Waals surface area contributed by atoms with E-state index in [0.717, 1.165) is 20.8 Å². The zero-order valence-electron chi connectivity index (χ0n) is 12.1. The maximum Gasteiger partial charge on any atom is 0.273 e. The van der Waals surface area contributed by atoms with Gasteiger partial charge in [-0.25, -0.2) is 4.98 Å². The summed E-state index contributed by atoms with van der Waals surface area (Å²) in [5.74, 6) is 0. The number of thiazole rings is 1. The largest absolute Gasteiger partial charge is 0.295 e. The van der Waals surface area contributed by atoms with Gasteiger partial charge in [-0.1, -0.05) is 30.3 Å². The number of hydrogen-bond donors (Lipinski definition) is 0. The fourth-order valence-corrected chi connectivity index (χ4v) is 3.44. The fraction of sp³-hybridized carbons (Fsp3) is 0.188. The van der Waals surface area contributed by atoms with Gasteiger partial charge in [0.05, 0.1) is 21.7 Å². The van der Waals surface area contributed by atoms with E-state index in [-0.39, 0.29) is 10.6 Å². The van der Waals surface area contributed by atoms with Gasteiger partial charge in [0.1, 0.15) is 5.01 Å². The lowest BCUT2D eigenvalue weighted by molar-refractivity contribution is -0.385. The minimum absolute atomic E-state index is 0.165. The molecule has 0 saturated carbocycles. The lowest BCUT2D eigenvalue weighted by Gasteiger charge is -2.14. The zero-order valence-corrected chi connectivity index (χ0v) is 12.9. The van der Waals surface area contributed by atoms with Gasteiger partial charge in [0.2, 0.25) is 0 Å². The van der Waals surface area contributed by atoms with Crippen LogP contribution >= 0.6 is 11.3 Å². The molecule has 0 unspecified atom stereocenters. The van der Waals surface area contributed by atoms with Crippen molar-refractivity contribution in [3.05, 3.63) is 69.2 Å². The lowest BCUT2D eigenvalue weighted by atomic mass is 10.1. The van der Waals surface area contributed by atoms with Crippen LogP contribution in [-0.2, 0) is 13.1 Å². The minimum atomic E-state index is -0.332. The second kappa shape index (κ2) is 6.21. The highest BCUT2D eigenvalue weighted by molar-refractivity contribution is 7.18. The lowest BCUT2D eigenvalue weighted by Crippen LogP contribution is -2.17. The van der Waals surface area contributed by atoms with Crippen LogP contribution in [0.25, 0.3) is 10.2 Å². The molecule has 0 spiro atoms. The third-order valence-corrected chi connectivity index (χ3v) is 4.39. The molecular formula is C16H15N3O2S. The van der Waals surface area contributed by atoms with Crippen molar-refractivity contribution in [3.8, 4) is 0 Å². The predicted molar refractivity (Wildman–Crippen MR) is 87.9 cm³/mol. The Morgan fingerprint density at radius 1 is 1.14 bits per heavy atom. The topological polar surface area (TPSA) is 59.3 Å². The molecule has 2 aromatic carbocycles. The number of nitro groups is 1. The first kappa shape index (κ1) is 14.6. The summed E-state index contributed by atoms with van der Waals surface area (Å²) in [6.07, 6.45) is 0. The molecule has 3 aromatic rings. The van der Waals surface area contributed by atoms with Crippen molar-refractivity contribution in [2.75, 3.05) is 7.05 Å². The van der Waals surface area contributed by atoms with E-state index in [1.165, 1.54) is 0 Å². The molecule has 6 heteroatoms. The van der Waals surface area contributed by atoms with Gasteiger partial charge >= 0.3 is 0 Å². The number of nitrogens with zero attached hydrogens (tertiary/aromatic N) is 3. The molecule has 0 bridgehead atoms. The summed E-state index contributed by atoms with van der Waals surface area (Å²) in [5.41, 5.74) is 1.89. The molecule has 112 valence electrons. The van der Waals surface area contributed by atoms with E-state index in [4.69, 9.17) is 0 Å². The Bertz CT molecular complexity index is 783. The maximum absolute atomic E-state index is 11.1. The second-order valence-corrected chi connectivity index (χ2v) is 6.25. The first-order valence-corrected chi connectivity index (χ1v) is 7.70. The molecular weight excluding hydrogens is 298 g/mol. The summed E-state index contributed by atoms with van der Waals surface area (Å²) in [4.78, 5) is 17.4. The van der Waals surface area contributed by atoms with E-state index >= 15 is 0 Å². The molecule has 5 nitrogen and oxygen atoms in total. The molecule has 0 radical (unpaired) electrons. The van der Waals surface area contributed by atoms with Crippen molar-refractivity contribution >= 4 is 27.2 Å². The third kappa shape index (κ3) is 3.13. The van der Waals surface area contributed by atoms with E-state index < -0.39 is 0 Å². The first-order chi connectivity index (χ1) is 10.6. The van der Waals surface area contributed by atoms with Gasteiger partial charge in [-0.15, -0.1) is 11.3 Å². The van der Waals surface area contributed by atoms with Crippen LogP contribution in [0, 0.1) is 10.1 Å². The normalized spacial score (nSPS) is 11.2.